The number of carbonyl (C=O) groups is 5. The van der Waals surface area contributed by atoms with Crippen LogP contribution >= 0.6 is 0 Å². The van der Waals surface area contributed by atoms with Gasteiger partial charge in [0.05, 0.1) is 0 Å². The molecule has 4 fully saturated rings. The second-order valence-corrected chi connectivity index (χ2v) is 9.53. The molecule has 2 aliphatic heterocycles. The van der Waals surface area contributed by atoms with Gasteiger partial charge in [-0.3, -0.25) is 29.5 Å². The van der Waals surface area contributed by atoms with E-state index in [2.05, 4.69) is 5.32 Å². The predicted molar refractivity (Wildman–Crippen MR) is 112 cm³/mol. The molecule has 7 amide bonds. The Morgan fingerprint density at radius 3 is 2.19 bits per heavy atom. The van der Waals surface area contributed by atoms with Crippen molar-refractivity contribution in [1.29, 1.82) is 0 Å². The fourth-order valence-electron chi connectivity index (χ4n) is 5.79. The van der Waals surface area contributed by atoms with E-state index in [-0.39, 0.29) is 41.3 Å². The van der Waals surface area contributed by atoms with Gasteiger partial charge in [-0.1, -0.05) is 13.3 Å². The first-order valence-corrected chi connectivity index (χ1v) is 11.1. The quantitative estimate of drug-likeness (QED) is 0.319. The van der Waals surface area contributed by atoms with Crippen LogP contribution in [0.2, 0.25) is 0 Å². The van der Waals surface area contributed by atoms with Gasteiger partial charge in [0.15, 0.2) is 0 Å². The molecular formula is C21H30N6O5. The van der Waals surface area contributed by atoms with Crippen LogP contribution in [0.25, 0.3) is 0 Å². The van der Waals surface area contributed by atoms with Crippen molar-refractivity contribution in [1.82, 2.24) is 20.0 Å². The first kappa shape index (κ1) is 22.1. The smallest absolute Gasteiger partial charge is 0.334 e. The molecule has 11 heteroatoms. The normalized spacial score (nSPS) is 32.8. The molecule has 4 rings (SSSR count). The van der Waals surface area contributed by atoms with E-state index in [4.69, 9.17) is 11.5 Å². The van der Waals surface area contributed by atoms with E-state index in [0.717, 1.165) is 16.2 Å². The van der Waals surface area contributed by atoms with Crippen LogP contribution < -0.4 is 16.8 Å². The zero-order valence-corrected chi connectivity index (χ0v) is 18.5. The number of nitrogens with two attached hydrogens (primary N) is 2. The van der Waals surface area contributed by atoms with Crippen LogP contribution in [0.5, 0.6) is 0 Å². The minimum Gasteiger partial charge on any atom is -0.385 e. The number of rotatable bonds is 4. The minimum absolute atomic E-state index is 0.0993. The molecule has 0 atom stereocenters. The molecule has 2 saturated carbocycles. The number of imide groups is 3. The average molecular weight is 447 g/mol. The Kier molecular flexibility index (Phi) is 5.17. The van der Waals surface area contributed by atoms with Gasteiger partial charge in [-0.25, -0.2) is 9.59 Å². The van der Waals surface area contributed by atoms with Crippen LogP contribution in [0.4, 0.5) is 9.59 Å². The topological polar surface area (TPSA) is 159 Å². The van der Waals surface area contributed by atoms with Crippen molar-refractivity contribution in [3.63, 3.8) is 0 Å². The zero-order chi connectivity index (χ0) is 23.4. The van der Waals surface area contributed by atoms with Gasteiger partial charge in [-0.05, 0) is 50.4 Å². The van der Waals surface area contributed by atoms with E-state index < -0.39 is 23.4 Å². The number of amides is 7. The largest absolute Gasteiger partial charge is 0.385 e. The van der Waals surface area contributed by atoms with Crippen LogP contribution in [0.3, 0.4) is 0 Å². The van der Waals surface area contributed by atoms with Crippen molar-refractivity contribution < 1.29 is 24.0 Å². The number of nitrogens with one attached hydrogen (secondary N) is 1. The molecule has 4 aliphatic rings. The van der Waals surface area contributed by atoms with Crippen molar-refractivity contribution in [2.75, 3.05) is 13.6 Å². The van der Waals surface area contributed by atoms with Crippen molar-refractivity contribution in [3.05, 3.63) is 11.4 Å². The van der Waals surface area contributed by atoms with Gasteiger partial charge in [0.1, 0.15) is 16.9 Å². The second-order valence-electron chi connectivity index (χ2n) is 9.53. The van der Waals surface area contributed by atoms with E-state index in [1.165, 1.54) is 4.90 Å². The molecule has 0 bridgehead atoms. The van der Waals surface area contributed by atoms with Gasteiger partial charge in [-0.15, -0.1) is 0 Å². The van der Waals surface area contributed by atoms with Crippen molar-refractivity contribution in [3.8, 4) is 0 Å². The lowest BCUT2D eigenvalue weighted by atomic mass is 9.51. The van der Waals surface area contributed by atoms with Gasteiger partial charge in [0, 0.05) is 19.6 Å². The molecule has 0 unspecified atom stereocenters. The maximum absolute atomic E-state index is 13.1. The van der Waals surface area contributed by atoms with E-state index in [1.807, 2.05) is 6.92 Å². The summed E-state index contributed by atoms with van der Waals surface area (Å²) in [5, 5.41) is 2.38. The minimum atomic E-state index is -0.784. The van der Waals surface area contributed by atoms with E-state index >= 15 is 0 Å². The molecule has 32 heavy (non-hydrogen) atoms. The molecule has 0 aromatic carbocycles. The average Bonchev–Trinajstić information content (AvgIpc) is 2.92. The van der Waals surface area contributed by atoms with Crippen LogP contribution in [-0.4, -0.2) is 69.7 Å². The summed E-state index contributed by atoms with van der Waals surface area (Å²) in [6.07, 6.45) is 5.08. The molecule has 2 aliphatic carbocycles. The molecule has 2 saturated heterocycles. The highest BCUT2D eigenvalue weighted by atomic mass is 16.2. The van der Waals surface area contributed by atoms with E-state index in [0.29, 0.717) is 44.9 Å². The molecule has 2 heterocycles. The maximum Gasteiger partial charge on any atom is 0.334 e. The molecule has 0 radical (unpaired) electrons. The molecule has 0 aromatic heterocycles. The highest BCUT2D eigenvalue weighted by molar-refractivity contribution is 6.29. The lowest BCUT2D eigenvalue weighted by Gasteiger charge is -2.58. The third-order valence-corrected chi connectivity index (χ3v) is 7.66. The lowest BCUT2D eigenvalue weighted by Crippen LogP contribution is -2.65. The molecule has 5 N–H and O–H groups in total. The summed E-state index contributed by atoms with van der Waals surface area (Å²) in [5.41, 5.74) is 10.0. The fraction of sp³-hybridized carbons (Fsp3) is 0.667. The van der Waals surface area contributed by atoms with Gasteiger partial charge < -0.3 is 16.4 Å². The molecular weight excluding hydrogens is 416 g/mol. The summed E-state index contributed by atoms with van der Waals surface area (Å²) in [4.78, 5) is 66.7. The third kappa shape index (κ3) is 3.05. The summed E-state index contributed by atoms with van der Waals surface area (Å²) >= 11 is 0. The number of unbranched alkanes of at least 4 members (excludes halogenated alkanes) is 1. The van der Waals surface area contributed by atoms with E-state index in [9.17, 15) is 24.0 Å². The van der Waals surface area contributed by atoms with Crippen LogP contribution in [0.15, 0.2) is 11.4 Å². The maximum atomic E-state index is 13.1. The first-order chi connectivity index (χ1) is 15.1. The van der Waals surface area contributed by atoms with Gasteiger partial charge >= 0.3 is 12.1 Å². The number of barbiturate groups is 1. The number of carbonyl (C=O) groups excluding carboxylic acids is 5. The summed E-state index contributed by atoms with van der Waals surface area (Å²) in [7, 11) is 1.64. The van der Waals surface area contributed by atoms with Crippen LogP contribution in [0, 0.1) is 5.41 Å². The number of likely N-dealkylation sites (N-methyl/N-ethyl adjacent to an activating group) is 1. The highest BCUT2D eigenvalue weighted by Crippen LogP contribution is 2.60. The van der Waals surface area contributed by atoms with Gasteiger partial charge in [0.2, 0.25) is 0 Å². The monoisotopic (exact) mass is 446 g/mol. The van der Waals surface area contributed by atoms with Gasteiger partial charge in [0.25, 0.3) is 17.7 Å². The number of hydrogen-bond donors (Lipinski definition) is 3. The Labute approximate surface area is 186 Å². The van der Waals surface area contributed by atoms with Crippen LogP contribution in [-0.2, 0) is 14.4 Å². The highest BCUT2D eigenvalue weighted by Gasteiger charge is 2.65. The second kappa shape index (κ2) is 7.49. The number of hydrogen-bond acceptors (Lipinski definition) is 7. The zero-order valence-electron chi connectivity index (χ0n) is 18.5. The molecule has 11 nitrogen and oxygen atoms in total. The van der Waals surface area contributed by atoms with Crippen molar-refractivity contribution in [2.24, 2.45) is 16.9 Å². The Morgan fingerprint density at radius 2 is 1.69 bits per heavy atom. The molecule has 174 valence electrons. The fourth-order valence-corrected chi connectivity index (χ4v) is 5.79. The third-order valence-electron chi connectivity index (χ3n) is 7.66. The first-order valence-electron chi connectivity index (χ1n) is 11.1. The Balaban J connectivity index is 1.49. The summed E-state index contributed by atoms with van der Waals surface area (Å²) in [6.45, 7) is 2.14. The Hall–Kier alpha value is -3.11. The predicted octanol–water partition coefficient (Wildman–Crippen LogP) is 0.350. The molecule has 0 aromatic rings. The van der Waals surface area contributed by atoms with Crippen LogP contribution in [0.1, 0.15) is 58.3 Å². The molecule has 2 spiro atoms. The summed E-state index contributed by atoms with van der Waals surface area (Å²) in [6, 6.07) is -1.37. The summed E-state index contributed by atoms with van der Waals surface area (Å²) in [5.74, 6) is -2.11. The lowest BCUT2D eigenvalue weighted by molar-refractivity contribution is -0.145. The van der Waals surface area contributed by atoms with Crippen molar-refractivity contribution >= 4 is 29.8 Å². The number of nitrogens with zero attached hydrogens (tertiary/aromatic N) is 3. The van der Waals surface area contributed by atoms with E-state index in [1.54, 1.807) is 7.05 Å². The Morgan fingerprint density at radius 1 is 1.06 bits per heavy atom. The Bertz CT molecular complexity index is 923. The van der Waals surface area contributed by atoms with Crippen molar-refractivity contribution in [2.45, 2.75) is 69.9 Å². The SMILES string of the molecule is CCCCN1C(=O)C(=C(N)N)C(=O)N(C2CCC3(CC2)CC2(C3)C(=O)NC(=O)N2C)C1=O. The number of urea groups is 2. The summed E-state index contributed by atoms with van der Waals surface area (Å²) < 4.78 is 0. The standard InChI is InChI=1S/C21H30N6O5/c1-3-4-9-26-15(28)13(14(22)23)16(29)27(19(26)32)12-5-7-20(8-6-12)10-21(11-20)17(30)24-18(31)25(21)2/h12H,3-11,22-23H2,1-2H3,(H,24,30,31). The van der Waals surface area contributed by atoms with Gasteiger partial charge in [-0.2, -0.15) is 0 Å².